The lowest BCUT2D eigenvalue weighted by molar-refractivity contribution is 0.327. The van der Waals surface area contributed by atoms with Gasteiger partial charge in [0.05, 0.1) is 12.4 Å². The van der Waals surface area contributed by atoms with Crippen LogP contribution in [0.4, 0.5) is 0 Å². The van der Waals surface area contributed by atoms with E-state index in [1.807, 2.05) is 12.1 Å². The van der Waals surface area contributed by atoms with E-state index in [9.17, 15) is 0 Å². The number of benzene rings is 1. The van der Waals surface area contributed by atoms with Crippen molar-refractivity contribution < 1.29 is 4.74 Å². The first-order valence-electron chi connectivity index (χ1n) is 4.61. The van der Waals surface area contributed by atoms with Crippen molar-refractivity contribution in [2.24, 2.45) is 0 Å². The summed E-state index contributed by atoms with van der Waals surface area (Å²) in [6, 6.07) is 8.29. The highest BCUT2D eigenvalue weighted by Crippen LogP contribution is 2.14. The van der Waals surface area contributed by atoms with Gasteiger partial charge in [0, 0.05) is 6.42 Å². The van der Waals surface area contributed by atoms with Gasteiger partial charge >= 0.3 is 0 Å². The molecule has 0 fully saturated rings. The van der Waals surface area contributed by atoms with Gasteiger partial charge in [0.15, 0.2) is 0 Å². The van der Waals surface area contributed by atoms with E-state index in [4.69, 9.17) is 4.74 Å². The third-order valence-electron chi connectivity index (χ3n) is 2.21. The number of aryl methyl sites for hydroxylation is 1. The van der Waals surface area contributed by atoms with Gasteiger partial charge in [-0.25, -0.2) is 0 Å². The number of nitrogens with zero attached hydrogens (tertiary/aromatic N) is 1. The Kier molecular flexibility index (Phi) is 2.54. The summed E-state index contributed by atoms with van der Waals surface area (Å²) >= 11 is 0. The van der Waals surface area contributed by atoms with E-state index >= 15 is 0 Å². The molecule has 0 aliphatic carbocycles. The number of rotatable bonds is 2. The van der Waals surface area contributed by atoms with Crippen LogP contribution in [-0.4, -0.2) is 0 Å². The molecule has 0 spiro atoms. The van der Waals surface area contributed by atoms with E-state index in [-0.39, 0.29) is 0 Å². The number of hydrogen-bond acceptors (Lipinski definition) is 1. The molecule has 0 saturated carbocycles. The summed E-state index contributed by atoms with van der Waals surface area (Å²) in [7, 11) is 0. The predicted molar refractivity (Wildman–Crippen MR) is 55.3 cm³/mol. The van der Waals surface area contributed by atoms with Crippen LogP contribution in [0.25, 0.3) is 0 Å². The molecule has 1 aliphatic rings. The number of ether oxygens (including phenoxy) is 1. The molecule has 1 radical (unpaired) electrons. The molecule has 0 amide bonds. The Morgan fingerprint density at radius 2 is 2.14 bits per heavy atom. The van der Waals surface area contributed by atoms with Crippen LogP contribution in [0.5, 0.6) is 0 Å². The molecule has 0 bridgehead atoms. The van der Waals surface area contributed by atoms with Gasteiger partial charge in [0.25, 0.3) is 0 Å². The minimum atomic E-state index is 0.806. The average molecular weight is 186 g/mol. The first-order valence-corrected chi connectivity index (χ1v) is 4.61. The summed E-state index contributed by atoms with van der Waals surface area (Å²) in [5.41, 5.74) is 2.57. The third kappa shape index (κ3) is 1.96. The molecule has 0 aromatic heterocycles. The Morgan fingerprint density at radius 3 is 2.86 bits per heavy atom. The van der Waals surface area contributed by atoms with E-state index in [1.165, 1.54) is 11.1 Å². The fourth-order valence-corrected chi connectivity index (χ4v) is 1.39. The Morgan fingerprint density at radius 1 is 1.29 bits per heavy atom. The molecule has 1 aromatic carbocycles. The van der Waals surface area contributed by atoms with Gasteiger partial charge in [-0.1, -0.05) is 24.3 Å². The van der Waals surface area contributed by atoms with Crippen molar-refractivity contribution in [3.05, 3.63) is 59.8 Å². The summed E-state index contributed by atoms with van der Waals surface area (Å²) < 4.78 is 5.32. The quantitative estimate of drug-likeness (QED) is 0.696. The molecule has 71 valence electrons. The van der Waals surface area contributed by atoms with Crippen LogP contribution >= 0.6 is 0 Å². The van der Waals surface area contributed by atoms with Gasteiger partial charge in [-0.2, -0.15) is 0 Å². The second-order valence-electron chi connectivity index (χ2n) is 3.25. The van der Waals surface area contributed by atoms with Crippen LogP contribution in [0.3, 0.4) is 0 Å². The smallest absolute Gasteiger partial charge is 0.126 e. The summed E-state index contributed by atoms with van der Waals surface area (Å²) in [6.45, 7) is 2.10. The highest BCUT2D eigenvalue weighted by Gasteiger charge is 2.04. The van der Waals surface area contributed by atoms with Gasteiger partial charge in [-0.05, 0) is 18.1 Å². The zero-order chi connectivity index (χ0) is 9.80. The number of hydrogen-bond donors (Lipinski definition) is 0. The predicted octanol–water partition coefficient (Wildman–Crippen LogP) is 2.48. The maximum atomic E-state index is 5.32. The molecular weight excluding hydrogens is 174 g/mol. The van der Waals surface area contributed by atoms with Crippen molar-refractivity contribution in [3.8, 4) is 0 Å². The molecule has 1 aliphatic heterocycles. The topological polar surface area (TPSA) is 23.3 Å². The zero-order valence-corrected chi connectivity index (χ0v) is 8.10. The number of allylic oxidation sites excluding steroid dienone is 1. The van der Waals surface area contributed by atoms with Crippen LogP contribution in [0.15, 0.2) is 48.7 Å². The molecule has 0 atom stereocenters. The molecule has 2 nitrogen and oxygen atoms in total. The lowest BCUT2D eigenvalue weighted by Crippen LogP contribution is -2.01. The minimum absolute atomic E-state index is 0.806. The first-order chi connectivity index (χ1) is 6.86. The molecule has 0 unspecified atom stereocenters. The molecule has 14 heavy (non-hydrogen) atoms. The second-order valence-corrected chi connectivity index (χ2v) is 3.25. The van der Waals surface area contributed by atoms with Crippen molar-refractivity contribution in [1.82, 2.24) is 5.32 Å². The Balaban J connectivity index is 2.11. The Labute approximate surface area is 83.9 Å². The lowest BCUT2D eigenvalue weighted by Gasteiger charge is -2.10. The van der Waals surface area contributed by atoms with Gasteiger partial charge in [-0.3, -0.25) is 5.32 Å². The monoisotopic (exact) mass is 186 g/mol. The van der Waals surface area contributed by atoms with E-state index in [0.29, 0.717) is 0 Å². The molecule has 1 aromatic rings. The largest absolute Gasteiger partial charge is 0.466 e. The normalized spacial score (nSPS) is 14.2. The third-order valence-corrected chi connectivity index (χ3v) is 2.21. The summed E-state index contributed by atoms with van der Waals surface area (Å²) in [5.74, 6) is 0.891. The summed E-state index contributed by atoms with van der Waals surface area (Å²) in [6.07, 6.45) is 5.81. The maximum Gasteiger partial charge on any atom is 0.126 e. The Hall–Kier alpha value is -1.70. The van der Waals surface area contributed by atoms with Gasteiger partial charge < -0.3 is 4.74 Å². The fraction of sp³-hybridized carbons (Fsp3) is 0.167. The van der Waals surface area contributed by atoms with Crippen LogP contribution in [0.2, 0.25) is 0 Å². The average Bonchev–Trinajstić information content (AvgIpc) is 2.23. The fourth-order valence-electron chi connectivity index (χ4n) is 1.39. The minimum Gasteiger partial charge on any atom is -0.466 e. The molecule has 2 heteroatoms. The van der Waals surface area contributed by atoms with E-state index < -0.39 is 0 Å². The maximum absolute atomic E-state index is 5.32. The molecular formula is C12H12NO. The first kappa shape index (κ1) is 8.88. The molecule has 0 N–H and O–H groups in total. The van der Waals surface area contributed by atoms with E-state index in [0.717, 1.165) is 12.2 Å². The van der Waals surface area contributed by atoms with E-state index in [2.05, 4.69) is 24.4 Å². The van der Waals surface area contributed by atoms with Crippen molar-refractivity contribution in [2.75, 3.05) is 0 Å². The van der Waals surface area contributed by atoms with Crippen molar-refractivity contribution in [3.63, 3.8) is 0 Å². The van der Waals surface area contributed by atoms with E-state index in [1.54, 1.807) is 18.7 Å². The second kappa shape index (κ2) is 4.01. The van der Waals surface area contributed by atoms with Crippen LogP contribution < -0.4 is 5.32 Å². The van der Waals surface area contributed by atoms with Gasteiger partial charge in [-0.15, -0.1) is 0 Å². The van der Waals surface area contributed by atoms with Crippen LogP contribution in [0, 0.1) is 6.92 Å². The van der Waals surface area contributed by atoms with Crippen LogP contribution in [-0.2, 0) is 11.2 Å². The molecule has 2 rings (SSSR count). The Bertz CT molecular complexity index is 380. The molecule has 0 saturated heterocycles. The standard InChI is InChI=1S/C12H12NO/c1-10-4-2-3-5-11(10)8-12-9-13-6-7-14-12/h2-7,9H,8H2,1H3. The lowest BCUT2D eigenvalue weighted by atomic mass is 10.1. The summed E-state index contributed by atoms with van der Waals surface area (Å²) in [4.78, 5) is 0. The highest BCUT2D eigenvalue weighted by molar-refractivity contribution is 5.29. The van der Waals surface area contributed by atoms with Crippen molar-refractivity contribution in [2.45, 2.75) is 13.3 Å². The zero-order valence-electron chi connectivity index (χ0n) is 8.10. The summed E-state index contributed by atoms with van der Waals surface area (Å²) in [5, 5.41) is 4.02. The van der Waals surface area contributed by atoms with Crippen molar-refractivity contribution >= 4 is 0 Å². The van der Waals surface area contributed by atoms with Crippen LogP contribution in [0.1, 0.15) is 11.1 Å². The highest BCUT2D eigenvalue weighted by atomic mass is 16.5. The van der Waals surface area contributed by atoms with Gasteiger partial charge in [0.1, 0.15) is 12.0 Å². The SMILES string of the molecule is Cc1ccccc1CC1=C[N]C=CO1. The van der Waals surface area contributed by atoms with Crippen molar-refractivity contribution in [1.29, 1.82) is 0 Å². The van der Waals surface area contributed by atoms with Gasteiger partial charge in [0.2, 0.25) is 0 Å². The molecule has 1 heterocycles.